The fourth-order valence-corrected chi connectivity index (χ4v) is 0. The van der Waals surface area contributed by atoms with Gasteiger partial charge in [-0.2, -0.15) is 0 Å². The first kappa shape index (κ1) is 26.5. The number of hydrogen-bond acceptors (Lipinski definition) is 0. The van der Waals surface area contributed by atoms with Crippen LogP contribution in [0.2, 0.25) is 0 Å². The molecule has 0 aliphatic rings. The fraction of sp³-hybridized carbons (Fsp3) is 0. The van der Waals surface area contributed by atoms with Gasteiger partial charge in [-0.25, -0.2) is 0 Å². The van der Waals surface area contributed by atoms with Gasteiger partial charge in [0.15, 0.2) is 0 Å². The van der Waals surface area contributed by atoms with Gasteiger partial charge in [-0.1, -0.05) is 0 Å². The molecule has 0 saturated heterocycles. The van der Waals surface area contributed by atoms with Gasteiger partial charge in [0.1, 0.15) is 0 Å². The van der Waals surface area contributed by atoms with Crippen molar-refractivity contribution >= 4 is 41.9 Å². The molecule has 0 aromatic rings. The summed E-state index contributed by atoms with van der Waals surface area (Å²) < 4.78 is 0. The molecule has 0 heterocycles. The van der Waals surface area contributed by atoms with Crippen molar-refractivity contribution in [1.29, 1.82) is 0 Å². The Labute approximate surface area is 99.4 Å². The van der Waals surface area contributed by atoms with Crippen LogP contribution in [0.15, 0.2) is 0 Å². The Hall–Kier alpha value is 3.32. The average molecular weight is 283 g/mol. The van der Waals surface area contributed by atoms with Gasteiger partial charge < -0.3 is 0 Å². The Bertz CT molecular complexity index is 8.00. The second kappa shape index (κ2) is 16.2. The Morgan fingerprint density at radius 3 is 1.00 bits per heavy atom. The van der Waals surface area contributed by atoms with E-state index in [1.54, 1.807) is 0 Å². The van der Waals surface area contributed by atoms with Crippen molar-refractivity contribution < 1.29 is 59.9 Å². The fourth-order valence-electron chi connectivity index (χ4n) is 0. The van der Waals surface area contributed by atoms with E-state index >= 15 is 0 Å². The van der Waals surface area contributed by atoms with Crippen LogP contribution in [0.25, 0.3) is 0 Å². The van der Waals surface area contributed by atoms with E-state index in [9.17, 15) is 0 Å². The largest absolute Gasteiger partial charge is 0 e. The Morgan fingerprint density at radius 2 is 1.00 bits per heavy atom. The molecule has 0 unspecified atom stereocenters. The molecule has 0 rings (SSSR count). The first-order valence-electron chi connectivity index (χ1n) is 0. The third-order valence-corrected chi connectivity index (χ3v) is 0. The summed E-state index contributed by atoms with van der Waals surface area (Å²) in [6.07, 6.45) is 0. The molecule has 0 aromatic carbocycles. The molecule has 0 aromatic heterocycles. The number of hydrogen-bond donors (Lipinski definition) is 0. The molecule has 0 atom stereocenters. The quantitative estimate of drug-likeness (QED) is 0.512. The topological polar surface area (TPSA) is 0 Å². The van der Waals surface area contributed by atoms with E-state index in [1.807, 2.05) is 0 Å². The summed E-state index contributed by atoms with van der Waals surface area (Å²) in [5.41, 5.74) is 0. The second-order valence-electron chi connectivity index (χ2n) is 0. The van der Waals surface area contributed by atoms with Gasteiger partial charge in [-0.15, -0.1) is 0 Å². The van der Waals surface area contributed by atoms with E-state index in [0.717, 1.165) is 0 Å². The van der Waals surface area contributed by atoms with Crippen LogP contribution < -0.4 is 0 Å². The van der Waals surface area contributed by atoms with Crippen LogP contribution in [0.3, 0.4) is 0 Å². The van der Waals surface area contributed by atoms with Crippen molar-refractivity contribution in [1.82, 2.24) is 0 Å². The van der Waals surface area contributed by atoms with Crippen molar-refractivity contribution in [2.45, 2.75) is 0 Å². The summed E-state index contributed by atoms with van der Waals surface area (Å²) in [7, 11) is 0. The molecule has 0 saturated carbocycles. The molecule has 0 fully saturated rings. The van der Waals surface area contributed by atoms with Gasteiger partial charge >= 0.3 is 0 Å². The van der Waals surface area contributed by atoms with E-state index in [2.05, 4.69) is 0 Å². The van der Waals surface area contributed by atoms with Crippen LogP contribution in [0.5, 0.6) is 0 Å². The third kappa shape index (κ3) is 9.01. The summed E-state index contributed by atoms with van der Waals surface area (Å²) in [5.74, 6) is 0. The molecule has 0 aliphatic carbocycles. The van der Waals surface area contributed by atoms with E-state index in [-0.39, 0.29) is 102 Å². The van der Waals surface area contributed by atoms with Crippen molar-refractivity contribution in [3.8, 4) is 0 Å². The predicted octanol–water partition coefficient (Wildman–Crippen LogP) is -0.764. The van der Waals surface area contributed by atoms with E-state index < -0.39 is 0 Å². The molecule has 0 N–H and O–H groups in total. The second-order valence-corrected chi connectivity index (χ2v) is 0. The minimum Gasteiger partial charge on any atom is 0 e. The van der Waals surface area contributed by atoms with Gasteiger partial charge in [0, 0.05) is 102 Å². The van der Waals surface area contributed by atoms with Gasteiger partial charge in [0.25, 0.3) is 0 Å². The van der Waals surface area contributed by atoms with Crippen molar-refractivity contribution in [2.24, 2.45) is 0 Å². The Kier molecular flexibility index (Phi) is 108. The molecule has 3 radical (unpaired) electrons. The zero-order valence-corrected chi connectivity index (χ0v) is 8.24. The molecule has 17 valence electrons. The molecule has 0 nitrogen and oxygen atoms in total. The molecular formula is LiMgRuSm. The van der Waals surface area contributed by atoms with Crippen molar-refractivity contribution in [2.75, 3.05) is 0 Å². The molecule has 0 bridgehead atoms. The molecular weight excluding hydrogens is 283 g/mol. The minimum atomic E-state index is 0. The van der Waals surface area contributed by atoms with Gasteiger partial charge in [0.05, 0.1) is 0 Å². The standard InChI is InChI=1S/Li.Mg.Ru.Sm. The van der Waals surface area contributed by atoms with Crippen LogP contribution in [0.1, 0.15) is 0 Å². The van der Waals surface area contributed by atoms with E-state index in [1.165, 1.54) is 0 Å². The smallest absolute Gasteiger partial charge is 0 e. The number of rotatable bonds is 0. The molecule has 4 heteroatoms. The summed E-state index contributed by atoms with van der Waals surface area (Å²) in [4.78, 5) is 0. The normalized spacial score (nSPS) is 0. The average Bonchev–Trinajstić information content (AvgIpc) is 0. The van der Waals surface area contributed by atoms with Crippen molar-refractivity contribution in [3.05, 3.63) is 0 Å². The van der Waals surface area contributed by atoms with Crippen LogP contribution in [0.4, 0.5) is 0 Å². The molecule has 4 heavy (non-hydrogen) atoms. The maximum Gasteiger partial charge on any atom is 0 e. The summed E-state index contributed by atoms with van der Waals surface area (Å²) in [6, 6.07) is 0. The van der Waals surface area contributed by atoms with E-state index in [4.69, 9.17) is 0 Å². The Balaban J connectivity index is 0. The SMILES string of the molecule is [Li].[Mg].[Ru].[Sm]. The van der Waals surface area contributed by atoms with E-state index in [0.29, 0.717) is 0 Å². The summed E-state index contributed by atoms with van der Waals surface area (Å²) in [5, 5.41) is 0. The predicted molar refractivity (Wildman–Crippen MR) is 11.5 cm³/mol. The zero-order valence-electron chi connectivity index (χ0n) is 2.47. The molecule has 0 aliphatic heterocycles. The van der Waals surface area contributed by atoms with Crippen molar-refractivity contribution in [3.63, 3.8) is 0 Å². The van der Waals surface area contributed by atoms with Crippen LogP contribution in [0, 0.1) is 40.4 Å². The minimum absolute atomic E-state index is 0. The Morgan fingerprint density at radius 1 is 1.00 bits per heavy atom. The molecule has 0 spiro atoms. The maximum atomic E-state index is 0. The van der Waals surface area contributed by atoms with Gasteiger partial charge in [0.2, 0.25) is 0 Å². The van der Waals surface area contributed by atoms with Gasteiger partial charge in [-0.05, 0) is 0 Å². The first-order valence-corrected chi connectivity index (χ1v) is 0. The monoisotopic (exact) mass is 285 g/mol. The van der Waals surface area contributed by atoms with Crippen LogP contribution in [-0.2, 0) is 19.5 Å². The molecule has 0 amide bonds. The van der Waals surface area contributed by atoms with Crippen LogP contribution in [-0.4, -0.2) is 41.9 Å². The zero-order chi connectivity index (χ0) is 0. The third-order valence-electron chi connectivity index (χ3n) is 0. The van der Waals surface area contributed by atoms with Crippen LogP contribution >= 0.6 is 0 Å². The maximum absolute atomic E-state index is 0. The first-order chi connectivity index (χ1) is 0. The van der Waals surface area contributed by atoms with Gasteiger partial charge in [-0.3, -0.25) is 0 Å². The summed E-state index contributed by atoms with van der Waals surface area (Å²) in [6.45, 7) is 0. The summed E-state index contributed by atoms with van der Waals surface area (Å²) >= 11 is 0.